The van der Waals surface area contributed by atoms with Gasteiger partial charge in [0.25, 0.3) is 5.91 Å². The predicted molar refractivity (Wildman–Crippen MR) is 126 cm³/mol. The maximum Gasteiger partial charge on any atom is 0.262 e. The molecule has 0 fully saturated rings. The van der Waals surface area contributed by atoms with E-state index in [2.05, 4.69) is 10.6 Å². The molecule has 0 aliphatic heterocycles. The van der Waals surface area contributed by atoms with E-state index in [4.69, 9.17) is 14.2 Å². The van der Waals surface area contributed by atoms with Crippen LogP contribution in [0.3, 0.4) is 0 Å². The van der Waals surface area contributed by atoms with Gasteiger partial charge in [-0.15, -0.1) is 11.8 Å². The van der Waals surface area contributed by atoms with Crippen LogP contribution < -0.4 is 24.8 Å². The van der Waals surface area contributed by atoms with Crippen molar-refractivity contribution in [3.8, 4) is 17.2 Å². The van der Waals surface area contributed by atoms with E-state index < -0.39 is 0 Å². The van der Waals surface area contributed by atoms with Crippen LogP contribution in [0.1, 0.15) is 0 Å². The number of carbonyl (C=O) groups excluding carboxylic acids is 2. The zero-order valence-corrected chi connectivity index (χ0v) is 18.6. The number of nitrogens with one attached hydrogen (secondary N) is 2. The molecule has 0 unspecified atom stereocenters. The fraction of sp³-hybridized carbons (Fsp3) is 0.167. The van der Waals surface area contributed by atoms with Crippen molar-refractivity contribution < 1.29 is 23.8 Å². The first-order valence-corrected chi connectivity index (χ1v) is 10.8. The van der Waals surface area contributed by atoms with Gasteiger partial charge in [-0.05, 0) is 42.5 Å². The minimum atomic E-state index is -0.264. The number of amides is 2. The highest BCUT2D eigenvalue weighted by atomic mass is 32.2. The van der Waals surface area contributed by atoms with E-state index in [-0.39, 0.29) is 24.2 Å². The summed E-state index contributed by atoms with van der Waals surface area (Å²) in [4.78, 5) is 25.4. The van der Waals surface area contributed by atoms with Crippen molar-refractivity contribution in [2.24, 2.45) is 0 Å². The van der Waals surface area contributed by atoms with E-state index in [0.29, 0.717) is 28.6 Å². The second kappa shape index (κ2) is 11.7. The Labute approximate surface area is 191 Å². The van der Waals surface area contributed by atoms with Crippen molar-refractivity contribution in [3.63, 3.8) is 0 Å². The molecule has 8 heteroatoms. The maximum atomic E-state index is 12.4. The van der Waals surface area contributed by atoms with Gasteiger partial charge in [0, 0.05) is 16.6 Å². The Balaban J connectivity index is 1.50. The summed E-state index contributed by atoms with van der Waals surface area (Å²) in [5.74, 6) is 1.55. The van der Waals surface area contributed by atoms with Crippen molar-refractivity contribution in [1.29, 1.82) is 0 Å². The van der Waals surface area contributed by atoms with Gasteiger partial charge in [0.05, 0.1) is 25.7 Å². The van der Waals surface area contributed by atoms with E-state index in [0.717, 1.165) is 4.90 Å². The number of ether oxygens (including phenoxy) is 3. The fourth-order valence-electron chi connectivity index (χ4n) is 2.76. The number of hydrogen-bond acceptors (Lipinski definition) is 6. The van der Waals surface area contributed by atoms with E-state index in [1.807, 2.05) is 36.4 Å². The third-order valence-electron chi connectivity index (χ3n) is 4.28. The highest BCUT2D eigenvalue weighted by Gasteiger charge is 2.10. The smallest absolute Gasteiger partial charge is 0.262 e. The van der Waals surface area contributed by atoms with Crippen LogP contribution in [0.2, 0.25) is 0 Å². The Morgan fingerprint density at radius 3 is 2.38 bits per heavy atom. The van der Waals surface area contributed by atoms with Crippen molar-refractivity contribution in [1.82, 2.24) is 0 Å². The van der Waals surface area contributed by atoms with Gasteiger partial charge < -0.3 is 24.8 Å². The largest absolute Gasteiger partial charge is 0.497 e. The first-order chi connectivity index (χ1) is 15.6. The van der Waals surface area contributed by atoms with Crippen LogP contribution in [-0.4, -0.2) is 38.4 Å². The lowest BCUT2D eigenvalue weighted by Crippen LogP contribution is -2.20. The molecule has 0 atom stereocenters. The zero-order valence-electron chi connectivity index (χ0n) is 17.8. The van der Waals surface area contributed by atoms with Gasteiger partial charge >= 0.3 is 0 Å². The molecule has 32 heavy (non-hydrogen) atoms. The van der Waals surface area contributed by atoms with Gasteiger partial charge in [0.2, 0.25) is 5.91 Å². The molecule has 0 heterocycles. The standard InChI is InChI=1S/C24H24N2O5S/c1-29-19-11-12-21(22(14-19)30-2)26-24(28)16-32-20-10-6-7-17(13-20)25-23(27)15-31-18-8-4-3-5-9-18/h3-14H,15-16H2,1-2H3,(H,25,27)(H,26,28). The van der Waals surface area contributed by atoms with Gasteiger partial charge in [-0.25, -0.2) is 0 Å². The SMILES string of the molecule is COc1ccc(NC(=O)CSc2cccc(NC(=O)COc3ccccc3)c2)c(OC)c1. The van der Waals surface area contributed by atoms with Crippen molar-refractivity contribution in [2.75, 3.05) is 37.2 Å². The van der Waals surface area contributed by atoms with Crippen LogP contribution in [0.4, 0.5) is 11.4 Å². The highest BCUT2D eigenvalue weighted by molar-refractivity contribution is 8.00. The lowest BCUT2D eigenvalue weighted by molar-refractivity contribution is -0.118. The Kier molecular flexibility index (Phi) is 8.39. The average Bonchev–Trinajstić information content (AvgIpc) is 2.82. The monoisotopic (exact) mass is 452 g/mol. The second-order valence-corrected chi connectivity index (χ2v) is 7.63. The molecule has 0 bridgehead atoms. The van der Waals surface area contributed by atoms with Crippen LogP contribution in [0.15, 0.2) is 77.7 Å². The summed E-state index contributed by atoms with van der Waals surface area (Å²) in [7, 11) is 3.10. The molecule has 0 spiro atoms. The number of para-hydroxylation sites is 1. The van der Waals surface area contributed by atoms with Gasteiger partial charge in [0.1, 0.15) is 17.2 Å². The quantitative estimate of drug-likeness (QED) is 0.442. The van der Waals surface area contributed by atoms with Crippen LogP contribution in [-0.2, 0) is 9.59 Å². The zero-order chi connectivity index (χ0) is 22.8. The number of anilines is 2. The summed E-state index contributed by atoms with van der Waals surface area (Å²) in [6, 6.07) is 21.6. The van der Waals surface area contributed by atoms with Crippen molar-refractivity contribution >= 4 is 35.0 Å². The Morgan fingerprint density at radius 1 is 0.812 bits per heavy atom. The van der Waals surface area contributed by atoms with Gasteiger partial charge in [-0.3, -0.25) is 9.59 Å². The van der Waals surface area contributed by atoms with Crippen LogP contribution in [0.25, 0.3) is 0 Å². The summed E-state index contributed by atoms with van der Waals surface area (Å²) in [5.41, 5.74) is 1.20. The van der Waals surface area contributed by atoms with E-state index in [1.165, 1.54) is 18.9 Å². The lowest BCUT2D eigenvalue weighted by atomic mass is 10.2. The average molecular weight is 453 g/mol. The molecule has 0 aliphatic carbocycles. The Morgan fingerprint density at radius 2 is 1.62 bits per heavy atom. The maximum absolute atomic E-state index is 12.4. The fourth-order valence-corrected chi connectivity index (χ4v) is 3.52. The number of methoxy groups -OCH3 is 2. The van der Waals surface area contributed by atoms with E-state index in [1.54, 1.807) is 43.5 Å². The molecule has 0 saturated heterocycles. The topological polar surface area (TPSA) is 85.9 Å². The minimum absolute atomic E-state index is 0.0898. The molecule has 3 rings (SSSR count). The summed E-state index contributed by atoms with van der Waals surface area (Å²) >= 11 is 1.36. The molecule has 3 aromatic carbocycles. The molecule has 2 N–H and O–H groups in total. The number of hydrogen-bond donors (Lipinski definition) is 2. The van der Waals surface area contributed by atoms with Crippen molar-refractivity contribution in [3.05, 3.63) is 72.8 Å². The Hall–Kier alpha value is -3.65. The number of thioether (sulfide) groups is 1. The molecular weight excluding hydrogens is 428 g/mol. The molecule has 166 valence electrons. The predicted octanol–water partition coefficient (Wildman–Crippen LogP) is 4.45. The van der Waals surface area contributed by atoms with Gasteiger partial charge in [-0.2, -0.15) is 0 Å². The Bertz CT molecular complexity index is 1060. The van der Waals surface area contributed by atoms with E-state index >= 15 is 0 Å². The summed E-state index contributed by atoms with van der Waals surface area (Å²) in [6.45, 7) is -0.0898. The normalized spacial score (nSPS) is 10.2. The third-order valence-corrected chi connectivity index (χ3v) is 5.28. The second-order valence-electron chi connectivity index (χ2n) is 6.58. The minimum Gasteiger partial charge on any atom is -0.497 e. The lowest BCUT2D eigenvalue weighted by Gasteiger charge is -2.12. The molecule has 7 nitrogen and oxygen atoms in total. The number of carbonyl (C=O) groups is 2. The van der Waals surface area contributed by atoms with E-state index in [9.17, 15) is 9.59 Å². The molecule has 0 saturated carbocycles. The third kappa shape index (κ3) is 6.95. The molecule has 2 amide bonds. The summed E-state index contributed by atoms with van der Waals surface area (Å²) < 4.78 is 15.9. The van der Waals surface area contributed by atoms with Crippen LogP contribution >= 0.6 is 11.8 Å². The molecular formula is C24H24N2O5S. The summed E-state index contributed by atoms with van der Waals surface area (Å²) in [5, 5.41) is 5.64. The van der Waals surface area contributed by atoms with Crippen LogP contribution in [0, 0.1) is 0 Å². The van der Waals surface area contributed by atoms with Gasteiger partial charge in [-0.1, -0.05) is 24.3 Å². The first kappa shape index (κ1) is 23.0. The number of rotatable bonds is 10. The van der Waals surface area contributed by atoms with Crippen molar-refractivity contribution in [2.45, 2.75) is 4.90 Å². The van der Waals surface area contributed by atoms with Gasteiger partial charge in [0.15, 0.2) is 6.61 Å². The molecule has 3 aromatic rings. The number of benzene rings is 3. The summed E-state index contributed by atoms with van der Waals surface area (Å²) in [6.07, 6.45) is 0. The molecule has 0 aliphatic rings. The molecule has 0 radical (unpaired) electrons. The first-order valence-electron chi connectivity index (χ1n) is 9.80. The highest BCUT2D eigenvalue weighted by Crippen LogP contribution is 2.29. The van der Waals surface area contributed by atoms with Crippen LogP contribution in [0.5, 0.6) is 17.2 Å². The molecule has 0 aromatic heterocycles.